The normalized spacial score (nSPS) is 11.7. The maximum absolute atomic E-state index is 2.45. The average Bonchev–Trinajstić information content (AvgIpc) is 2.76. The summed E-state index contributed by atoms with van der Waals surface area (Å²) in [6.07, 6.45) is 42.4. The zero-order valence-corrected chi connectivity index (χ0v) is 21.5. The van der Waals surface area contributed by atoms with E-state index in [-0.39, 0.29) is 0 Å². The van der Waals surface area contributed by atoms with Gasteiger partial charge in [-0.2, -0.15) is 0 Å². The predicted molar refractivity (Wildman–Crippen MR) is 141 cm³/mol. The summed E-state index contributed by atoms with van der Waals surface area (Å²) in [7, 11) is 0. The molecular formula is C30H60. The average molecular weight is 421 g/mol. The lowest BCUT2D eigenvalue weighted by Crippen LogP contribution is -1.83. The van der Waals surface area contributed by atoms with E-state index in [2.05, 4.69) is 26.0 Å². The van der Waals surface area contributed by atoms with Gasteiger partial charge in [-0.1, -0.05) is 167 Å². The van der Waals surface area contributed by atoms with E-state index in [1.807, 2.05) is 0 Å². The molecule has 0 N–H and O–H groups in total. The van der Waals surface area contributed by atoms with E-state index in [0.29, 0.717) is 0 Å². The first kappa shape index (κ1) is 29.7. The van der Waals surface area contributed by atoms with Crippen molar-refractivity contribution in [2.24, 2.45) is 0 Å². The van der Waals surface area contributed by atoms with Crippen LogP contribution in [0.3, 0.4) is 0 Å². The minimum atomic E-state index is 1.31. The first-order chi connectivity index (χ1) is 14.9. The van der Waals surface area contributed by atoms with Gasteiger partial charge in [0.2, 0.25) is 0 Å². The lowest BCUT2D eigenvalue weighted by atomic mass is 10.0. The molecule has 0 nitrogen and oxygen atoms in total. The smallest absolute Gasteiger partial charge is 0.0351 e. The second-order valence-electron chi connectivity index (χ2n) is 9.83. The van der Waals surface area contributed by atoms with E-state index in [9.17, 15) is 0 Å². The van der Waals surface area contributed by atoms with Gasteiger partial charge in [-0.3, -0.25) is 0 Å². The summed E-state index contributed by atoms with van der Waals surface area (Å²) in [6, 6.07) is 0. The minimum Gasteiger partial charge on any atom is -0.0885 e. The quantitative estimate of drug-likeness (QED) is 0.0963. The van der Waals surface area contributed by atoms with Crippen LogP contribution in [0.25, 0.3) is 0 Å². The number of hydrogen-bond donors (Lipinski definition) is 0. The SMILES string of the molecule is CCCCCCCCCC=CCCCCCCCCCCCCCCCCCCC. The van der Waals surface area contributed by atoms with Crippen LogP contribution >= 0.6 is 0 Å². The molecule has 0 aromatic carbocycles. The van der Waals surface area contributed by atoms with Crippen molar-refractivity contribution in [1.82, 2.24) is 0 Å². The zero-order valence-electron chi connectivity index (χ0n) is 21.5. The van der Waals surface area contributed by atoms with Crippen LogP contribution in [0, 0.1) is 0 Å². The van der Waals surface area contributed by atoms with Crippen LogP contribution in [0.2, 0.25) is 0 Å². The van der Waals surface area contributed by atoms with Crippen molar-refractivity contribution in [3.05, 3.63) is 12.2 Å². The topological polar surface area (TPSA) is 0 Å². The van der Waals surface area contributed by atoms with Gasteiger partial charge in [0.05, 0.1) is 0 Å². The zero-order chi connectivity index (χ0) is 21.8. The summed E-state index contributed by atoms with van der Waals surface area (Å²) >= 11 is 0. The van der Waals surface area contributed by atoms with E-state index in [1.54, 1.807) is 0 Å². The van der Waals surface area contributed by atoms with E-state index in [1.165, 1.54) is 167 Å². The van der Waals surface area contributed by atoms with Crippen LogP contribution in [-0.2, 0) is 0 Å². The molecule has 0 fully saturated rings. The van der Waals surface area contributed by atoms with Crippen molar-refractivity contribution in [3.8, 4) is 0 Å². The number of unbranched alkanes of at least 4 members (excludes halogenated alkanes) is 24. The Bertz CT molecular complexity index is 303. The molecule has 0 saturated heterocycles. The Morgan fingerprint density at radius 2 is 0.467 bits per heavy atom. The second-order valence-corrected chi connectivity index (χ2v) is 9.83. The fourth-order valence-corrected chi connectivity index (χ4v) is 4.44. The van der Waals surface area contributed by atoms with Crippen LogP contribution in [0.5, 0.6) is 0 Å². The van der Waals surface area contributed by atoms with Crippen molar-refractivity contribution in [2.75, 3.05) is 0 Å². The highest BCUT2D eigenvalue weighted by molar-refractivity contribution is 4.81. The highest BCUT2D eigenvalue weighted by Crippen LogP contribution is 2.14. The summed E-state index contributed by atoms with van der Waals surface area (Å²) < 4.78 is 0. The maximum atomic E-state index is 2.45. The Hall–Kier alpha value is -0.260. The monoisotopic (exact) mass is 420 g/mol. The summed E-state index contributed by atoms with van der Waals surface area (Å²) in [6.45, 7) is 4.60. The molecule has 0 spiro atoms. The van der Waals surface area contributed by atoms with Crippen molar-refractivity contribution in [3.63, 3.8) is 0 Å². The minimum absolute atomic E-state index is 1.31. The van der Waals surface area contributed by atoms with Crippen molar-refractivity contribution in [1.29, 1.82) is 0 Å². The van der Waals surface area contributed by atoms with E-state index in [0.717, 1.165) is 0 Å². The molecule has 0 aliphatic carbocycles. The molecular weight excluding hydrogens is 360 g/mol. The van der Waals surface area contributed by atoms with Crippen molar-refractivity contribution < 1.29 is 0 Å². The van der Waals surface area contributed by atoms with Crippen molar-refractivity contribution in [2.45, 2.75) is 181 Å². The number of rotatable bonds is 26. The standard InChI is InChI=1S/C30H60/c1-3-5-7-9-11-13-15-17-19-21-23-25-27-29-30-28-26-24-22-20-18-16-14-12-10-8-6-4-2/h19,21H,3-18,20,22-30H2,1-2H3. The summed E-state index contributed by atoms with van der Waals surface area (Å²) in [4.78, 5) is 0. The summed E-state index contributed by atoms with van der Waals surface area (Å²) in [5, 5.41) is 0. The van der Waals surface area contributed by atoms with Gasteiger partial charge < -0.3 is 0 Å². The van der Waals surface area contributed by atoms with Crippen LogP contribution in [0.15, 0.2) is 12.2 Å². The van der Waals surface area contributed by atoms with Crippen molar-refractivity contribution >= 4 is 0 Å². The highest BCUT2D eigenvalue weighted by atomic mass is 14.0. The lowest BCUT2D eigenvalue weighted by molar-refractivity contribution is 0.527. The van der Waals surface area contributed by atoms with Crippen LogP contribution in [0.1, 0.15) is 181 Å². The molecule has 0 aliphatic heterocycles. The first-order valence-corrected chi connectivity index (χ1v) is 14.6. The van der Waals surface area contributed by atoms with Gasteiger partial charge in [0.25, 0.3) is 0 Å². The fourth-order valence-electron chi connectivity index (χ4n) is 4.44. The molecule has 0 bridgehead atoms. The highest BCUT2D eigenvalue weighted by Gasteiger charge is 1.95. The van der Waals surface area contributed by atoms with Gasteiger partial charge in [0, 0.05) is 0 Å². The molecule has 180 valence electrons. The van der Waals surface area contributed by atoms with Crippen LogP contribution in [0.4, 0.5) is 0 Å². The molecule has 0 heterocycles. The Morgan fingerprint density at radius 3 is 0.700 bits per heavy atom. The maximum Gasteiger partial charge on any atom is -0.0351 e. The molecule has 0 atom stereocenters. The molecule has 0 aliphatic rings. The Labute approximate surface area is 193 Å². The van der Waals surface area contributed by atoms with E-state index in [4.69, 9.17) is 0 Å². The summed E-state index contributed by atoms with van der Waals surface area (Å²) in [5.74, 6) is 0. The molecule has 30 heavy (non-hydrogen) atoms. The van der Waals surface area contributed by atoms with E-state index >= 15 is 0 Å². The largest absolute Gasteiger partial charge is 0.0885 e. The molecule has 0 rings (SSSR count). The molecule has 0 heteroatoms. The van der Waals surface area contributed by atoms with Gasteiger partial charge in [-0.25, -0.2) is 0 Å². The van der Waals surface area contributed by atoms with Crippen LogP contribution < -0.4 is 0 Å². The van der Waals surface area contributed by atoms with Gasteiger partial charge >= 0.3 is 0 Å². The number of hydrogen-bond acceptors (Lipinski definition) is 0. The molecule has 0 radical (unpaired) electrons. The lowest BCUT2D eigenvalue weighted by Gasteiger charge is -2.03. The second kappa shape index (κ2) is 28.7. The van der Waals surface area contributed by atoms with Crippen LogP contribution in [-0.4, -0.2) is 0 Å². The number of allylic oxidation sites excluding steroid dienone is 2. The molecule has 0 saturated carbocycles. The Kier molecular flexibility index (Phi) is 28.5. The fraction of sp³-hybridized carbons (Fsp3) is 0.933. The van der Waals surface area contributed by atoms with Gasteiger partial charge in [-0.15, -0.1) is 0 Å². The molecule has 0 unspecified atom stereocenters. The van der Waals surface area contributed by atoms with E-state index < -0.39 is 0 Å². The third-order valence-electron chi connectivity index (χ3n) is 6.62. The van der Waals surface area contributed by atoms with Gasteiger partial charge in [-0.05, 0) is 25.7 Å². The first-order valence-electron chi connectivity index (χ1n) is 14.6. The van der Waals surface area contributed by atoms with Gasteiger partial charge in [0.15, 0.2) is 0 Å². The predicted octanol–water partition coefficient (Wildman–Crippen LogP) is 11.7. The molecule has 0 aromatic rings. The molecule has 0 amide bonds. The Morgan fingerprint density at radius 1 is 0.267 bits per heavy atom. The third-order valence-corrected chi connectivity index (χ3v) is 6.62. The third kappa shape index (κ3) is 27.7. The Balaban J connectivity index is 3.04. The van der Waals surface area contributed by atoms with Gasteiger partial charge in [0.1, 0.15) is 0 Å². The molecule has 0 aromatic heterocycles. The summed E-state index contributed by atoms with van der Waals surface area (Å²) in [5.41, 5.74) is 0.